The number of carbonyl (C=O) groups excluding carboxylic acids is 1. The van der Waals surface area contributed by atoms with E-state index in [1.165, 1.54) is 44.1 Å². The fourth-order valence-electron chi connectivity index (χ4n) is 6.55. The van der Waals surface area contributed by atoms with E-state index in [0.29, 0.717) is 0 Å². The maximum absolute atomic E-state index is 13.0. The maximum Gasteiger partial charge on any atom is 0.317 e. The topological polar surface area (TPSA) is 35.6 Å². The number of hydrogen-bond donors (Lipinski definition) is 1. The number of amides is 2. The fraction of sp³-hybridized carbons (Fsp3) is 0.682. The number of nitrogens with zero attached hydrogens (tertiary/aromatic N) is 2. The van der Waals surface area contributed by atoms with Crippen LogP contribution < -0.4 is 5.32 Å². The van der Waals surface area contributed by atoms with Crippen LogP contribution in [-0.2, 0) is 6.54 Å². The summed E-state index contributed by atoms with van der Waals surface area (Å²) in [5, 5.41) is 4.35. The number of benzene rings is 1. The Hall–Kier alpha value is -1.26. The highest BCUT2D eigenvalue weighted by atomic mass is 35.5. The SMILES string of the molecule is O=C(NC12CC3CC(CC(C3)C1)C2)N1CCN(Cc2ccccc2Cl)CC1. The second-order valence-corrected chi connectivity index (χ2v) is 9.89. The molecule has 0 radical (unpaired) electrons. The minimum absolute atomic E-state index is 0.112. The Morgan fingerprint density at radius 1 is 1.00 bits per heavy atom. The zero-order chi connectivity index (χ0) is 18.4. The van der Waals surface area contributed by atoms with Gasteiger partial charge in [0.15, 0.2) is 0 Å². The van der Waals surface area contributed by atoms with Crippen molar-refractivity contribution < 1.29 is 4.79 Å². The highest BCUT2D eigenvalue weighted by molar-refractivity contribution is 6.31. The number of halogens is 1. The van der Waals surface area contributed by atoms with Crippen LogP contribution in [0.4, 0.5) is 4.79 Å². The lowest BCUT2D eigenvalue weighted by molar-refractivity contribution is -0.0165. The second-order valence-electron chi connectivity index (χ2n) is 9.48. The van der Waals surface area contributed by atoms with Crippen LogP contribution in [0, 0.1) is 17.8 Å². The largest absolute Gasteiger partial charge is 0.333 e. The number of rotatable bonds is 3. The quantitative estimate of drug-likeness (QED) is 0.846. The molecule has 146 valence electrons. The van der Waals surface area contributed by atoms with Gasteiger partial charge in [-0.2, -0.15) is 0 Å². The van der Waals surface area contributed by atoms with Gasteiger partial charge in [0.05, 0.1) is 0 Å². The third-order valence-electron chi connectivity index (χ3n) is 7.42. The predicted molar refractivity (Wildman–Crippen MR) is 108 cm³/mol. The minimum Gasteiger partial charge on any atom is -0.333 e. The molecule has 0 aromatic heterocycles. The highest BCUT2D eigenvalue weighted by Crippen LogP contribution is 2.55. The van der Waals surface area contributed by atoms with Gasteiger partial charge in [-0.15, -0.1) is 0 Å². The molecule has 4 saturated carbocycles. The van der Waals surface area contributed by atoms with E-state index in [1.54, 1.807) is 0 Å². The van der Waals surface area contributed by atoms with Crippen LogP contribution in [0.5, 0.6) is 0 Å². The molecule has 6 rings (SSSR count). The summed E-state index contributed by atoms with van der Waals surface area (Å²) in [5.74, 6) is 2.59. The smallest absolute Gasteiger partial charge is 0.317 e. The lowest BCUT2D eigenvalue weighted by Gasteiger charge is -2.57. The van der Waals surface area contributed by atoms with Crippen molar-refractivity contribution in [2.24, 2.45) is 17.8 Å². The Labute approximate surface area is 167 Å². The van der Waals surface area contributed by atoms with E-state index in [2.05, 4.69) is 16.3 Å². The van der Waals surface area contributed by atoms with Gasteiger partial charge in [0.1, 0.15) is 0 Å². The van der Waals surface area contributed by atoms with Crippen molar-refractivity contribution in [3.63, 3.8) is 0 Å². The Morgan fingerprint density at radius 3 is 2.19 bits per heavy atom. The molecule has 2 amide bonds. The summed E-state index contributed by atoms with van der Waals surface area (Å²) in [6.45, 7) is 4.31. The monoisotopic (exact) mass is 387 g/mol. The van der Waals surface area contributed by atoms with Gasteiger partial charge in [-0.1, -0.05) is 29.8 Å². The van der Waals surface area contributed by atoms with E-state index in [-0.39, 0.29) is 11.6 Å². The first-order chi connectivity index (χ1) is 13.1. The summed E-state index contributed by atoms with van der Waals surface area (Å²) in [7, 11) is 0. The fourth-order valence-corrected chi connectivity index (χ4v) is 6.74. The lowest BCUT2D eigenvalue weighted by atomic mass is 9.53. The van der Waals surface area contributed by atoms with E-state index < -0.39 is 0 Å². The van der Waals surface area contributed by atoms with Gasteiger partial charge >= 0.3 is 6.03 Å². The van der Waals surface area contributed by atoms with Crippen LogP contribution >= 0.6 is 11.6 Å². The van der Waals surface area contributed by atoms with Crippen LogP contribution in [0.2, 0.25) is 5.02 Å². The van der Waals surface area contributed by atoms with E-state index in [9.17, 15) is 4.79 Å². The number of urea groups is 1. The van der Waals surface area contributed by atoms with Gasteiger partial charge in [-0.05, 0) is 67.9 Å². The molecule has 0 unspecified atom stereocenters. The molecule has 1 aromatic rings. The summed E-state index contributed by atoms with van der Waals surface area (Å²) < 4.78 is 0. The van der Waals surface area contributed by atoms with Gasteiger partial charge < -0.3 is 10.2 Å². The van der Waals surface area contributed by atoms with Gasteiger partial charge in [-0.3, -0.25) is 4.90 Å². The van der Waals surface area contributed by atoms with Crippen LogP contribution in [0.25, 0.3) is 0 Å². The summed E-state index contributed by atoms with van der Waals surface area (Å²) in [6.07, 6.45) is 7.90. The number of carbonyl (C=O) groups is 1. The number of hydrogen-bond acceptors (Lipinski definition) is 2. The molecule has 1 N–H and O–H groups in total. The van der Waals surface area contributed by atoms with E-state index in [1.807, 2.05) is 23.1 Å². The standard InChI is InChI=1S/C22H30ClN3O/c23-20-4-2-1-3-19(20)15-25-5-7-26(8-6-25)21(27)24-22-12-16-9-17(13-22)11-18(10-16)14-22/h1-4,16-18H,5-15H2,(H,24,27). The molecule has 1 aromatic carbocycles. The van der Waals surface area contributed by atoms with Crippen molar-refractivity contribution in [1.29, 1.82) is 0 Å². The zero-order valence-electron chi connectivity index (χ0n) is 16.0. The first kappa shape index (κ1) is 17.8. The van der Waals surface area contributed by atoms with Crippen molar-refractivity contribution in [1.82, 2.24) is 15.1 Å². The second kappa shape index (κ2) is 6.97. The molecular weight excluding hydrogens is 358 g/mol. The van der Waals surface area contributed by atoms with E-state index in [0.717, 1.165) is 55.5 Å². The van der Waals surface area contributed by atoms with Crippen molar-refractivity contribution in [2.75, 3.05) is 26.2 Å². The highest BCUT2D eigenvalue weighted by Gasteiger charge is 2.51. The summed E-state index contributed by atoms with van der Waals surface area (Å²) in [4.78, 5) is 17.4. The minimum atomic E-state index is 0.112. The molecule has 4 bridgehead atoms. The van der Waals surface area contributed by atoms with Crippen LogP contribution in [0.3, 0.4) is 0 Å². The molecular formula is C22H30ClN3O. The summed E-state index contributed by atoms with van der Waals surface area (Å²) in [6, 6.07) is 8.23. The third-order valence-corrected chi connectivity index (χ3v) is 7.79. The third kappa shape index (κ3) is 3.58. The number of nitrogens with one attached hydrogen (secondary N) is 1. The maximum atomic E-state index is 13.0. The van der Waals surface area contributed by atoms with E-state index >= 15 is 0 Å². The Bertz CT molecular complexity index is 678. The molecule has 5 fully saturated rings. The van der Waals surface area contributed by atoms with Gasteiger partial charge in [0, 0.05) is 43.3 Å². The lowest BCUT2D eigenvalue weighted by Crippen LogP contribution is -2.63. The summed E-state index contributed by atoms with van der Waals surface area (Å²) >= 11 is 6.29. The molecule has 5 aliphatic rings. The molecule has 1 heterocycles. The van der Waals surface area contributed by atoms with Crippen molar-refractivity contribution in [3.8, 4) is 0 Å². The van der Waals surface area contributed by atoms with Crippen molar-refractivity contribution in [3.05, 3.63) is 34.9 Å². The molecule has 0 atom stereocenters. The number of piperazine rings is 1. The molecule has 27 heavy (non-hydrogen) atoms. The Morgan fingerprint density at radius 2 is 1.59 bits per heavy atom. The molecule has 4 nitrogen and oxygen atoms in total. The van der Waals surface area contributed by atoms with Crippen LogP contribution in [0.1, 0.15) is 44.1 Å². The van der Waals surface area contributed by atoms with Crippen LogP contribution in [0.15, 0.2) is 24.3 Å². The predicted octanol–water partition coefficient (Wildman–Crippen LogP) is 4.14. The Kier molecular flexibility index (Phi) is 4.60. The van der Waals surface area contributed by atoms with Crippen molar-refractivity contribution in [2.45, 2.75) is 50.6 Å². The Balaban J connectivity index is 1.16. The first-order valence-electron chi connectivity index (χ1n) is 10.6. The summed E-state index contributed by atoms with van der Waals surface area (Å²) in [5.41, 5.74) is 1.28. The normalized spacial score (nSPS) is 35.4. The molecule has 5 heteroatoms. The average Bonchev–Trinajstić information content (AvgIpc) is 2.63. The average molecular weight is 388 g/mol. The van der Waals surface area contributed by atoms with Gasteiger partial charge in [-0.25, -0.2) is 4.79 Å². The van der Waals surface area contributed by atoms with E-state index in [4.69, 9.17) is 11.6 Å². The first-order valence-corrected chi connectivity index (χ1v) is 11.0. The van der Waals surface area contributed by atoms with Crippen molar-refractivity contribution >= 4 is 17.6 Å². The van der Waals surface area contributed by atoms with Gasteiger partial charge in [0.25, 0.3) is 0 Å². The zero-order valence-corrected chi connectivity index (χ0v) is 16.8. The molecule has 1 saturated heterocycles. The molecule has 4 aliphatic carbocycles. The molecule has 0 spiro atoms. The van der Waals surface area contributed by atoms with Crippen LogP contribution in [-0.4, -0.2) is 47.5 Å². The molecule has 1 aliphatic heterocycles. The van der Waals surface area contributed by atoms with Gasteiger partial charge in [0.2, 0.25) is 0 Å².